The zero-order valence-corrected chi connectivity index (χ0v) is 34.2. The fourth-order valence-corrected chi connectivity index (χ4v) is 9.80. The van der Waals surface area contributed by atoms with E-state index in [1.807, 2.05) is 0 Å². The molecule has 0 aliphatic carbocycles. The van der Waals surface area contributed by atoms with Gasteiger partial charge in [0.05, 0.1) is 27.9 Å². The van der Waals surface area contributed by atoms with Crippen LogP contribution in [0.2, 0.25) is 0 Å². The molecule has 0 amide bonds. The fraction of sp³-hybridized carbons (Fsp3) is 0. The highest BCUT2D eigenvalue weighted by Gasteiger charge is 2.20. The highest BCUT2D eigenvalue weighted by molar-refractivity contribution is 6.16. The van der Waals surface area contributed by atoms with E-state index in [2.05, 4.69) is 229 Å². The molecule has 0 saturated heterocycles. The summed E-state index contributed by atoms with van der Waals surface area (Å²) in [5.41, 5.74) is 12.0. The molecule has 292 valence electrons. The Kier molecular flexibility index (Phi) is 7.91. The van der Waals surface area contributed by atoms with Crippen LogP contribution in [0.5, 0.6) is 0 Å². The van der Waals surface area contributed by atoms with E-state index in [4.69, 9.17) is 9.97 Å². The van der Waals surface area contributed by atoms with Gasteiger partial charge in [0.15, 0.2) is 5.82 Å². The Hall–Kier alpha value is -8.40. The molecule has 0 aliphatic heterocycles. The molecule has 0 aliphatic rings. The van der Waals surface area contributed by atoms with Crippen LogP contribution >= 0.6 is 0 Å². The minimum atomic E-state index is 0.701. The van der Waals surface area contributed by atoms with Gasteiger partial charge in [-0.2, -0.15) is 0 Å². The number of benzene rings is 11. The van der Waals surface area contributed by atoms with E-state index in [1.165, 1.54) is 59.7 Å². The Bertz CT molecular complexity index is 3970. The van der Waals surface area contributed by atoms with Crippen LogP contribution in [0, 0.1) is 0 Å². The molecule has 13 aromatic rings. The second kappa shape index (κ2) is 14.1. The van der Waals surface area contributed by atoms with Crippen molar-refractivity contribution in [2.24, 2.45) is 0 Å². The second-order valence-electron chi connectivity index (χ2n) is 16.6. The summed E-state index contributed by atoms with van der Waals surface area (Å²) in [6.07, 6.45) is 0. The molecule has 3 heteroatoms. The van der Waals surface area contributed by atoms with E-state index in [0.29, 0.717) is 5.82 Å². The van der Waals surface area contributed by atoms with Gasteiger partial charge >= 0.3 is 0 Å². The summed E-state index contributed by atoms with van der Waals surface area (Å²) < 4.78 is 2.46. The lowest BCUT2D eigenvalue weighted by Gasteiger charge is -2.16. The largest absolute Gasteiger partial charge is 0.309 e. The summed E-state index contributed by atoms with van der Waals surface area (Å²) in [5, 5.41) is 13.0. The quantitative estimate of drug-likeness (QED) is 0.174. The first kappa shape index (κ1) is 35.4. The first-order chi connectivity index (χ1) is 31.2. The molecule has 0 N–H and O–H groups in total. The topological polar surface area (TPSA) is 30.7 Å². The maximum absolute atomic E-state index is 5.47. The average molecular weight is 800 g/mol. The Labute approximate surface area is 363 Å². The highest BCUT2D eigenvalue weighted by atomic mass is 15.0. The Morgan fingerprint density at radius 3 is 1.60 bits per heavy atom. The van der Waals surface area contributed by atoms with E-state index in [1.54, 1.807) is 0 Å². The molecule has 0 fully saturated rings. The average Bonchev–Trinajstić information content (AvgIpc) is 3.66. The van der Waals surface area contributed by atoms with E-state index in [-0.39, 0.29) is 0 Å². The molecule has 0 saturated carbocycles. The predicted molar refractivity (Wildman–Crippen MR) is 266 cm³/mol. The Morgan fingerprint density at radius 2 is 0.841 bits per heavy atom. The molecule has 0 spiro atoms. The molecule has 2 heterocycles. The van der Waals surface area contributed by atoms with Crippen molar-refractivity contribution in [1.82, 2.24) is 14.5 Å². The van der Waals surface area contributed by atoms with Crippen LogP contribution in [0.4, 0.5) is 0 Å². The molecule has 0 radical (unpaired) electrons. The van der Waals surface area contributed by atoms with Gasteiger partial charge in [0.1, 0.15) is 0 Å². The first-order valence-electron chi connectivity index (χ1n) is 21.6. The van der Waals surface area contributed by atoms with Gasteiger partial charge in [-0.15, -0.1) is 0 Å². The molecular weight excluding hydrogens is 763 g/mol. The van der Waals surface area contributed by atoms with Crippen LogP contribution in [0.3, 0.4) is 0 Å². The van der Waals surface area contributed by atoms with Gasteiger partial charge in [0.25, 0.3) is 0 Å². The normalized spacial score (nSPS) is 11.8. The molecule has 13 rings (SSSR count). The smallest absolute Gasteiger partial charge is 0.161 e. The fourth-order valence-electron chi connectivity index (χ4n) is 9.80. The van der Waals surface area contributed by atoms with Gasteiger partial charge in [-0.3, -0.25) is 0 Å². The summed E-state index contributed by atoms with van der Waals surface area (Å²) in [4.78, 5) is 10.9. The van der Waals surface area contributed by atoms with E-state index in [9.17, 15) is 0 Å². The van der Waals surface area contributed by atoms with Crippen molar-refractivity contribution in [1.29, 1.82) is 0 Å². The molecule has 0 bridgehead atoms. The van der Waals surface area contributed by atoms with Crippen molar-refractivity contribution in [3.8, 4) is 50.6 Å². The van der Waals surface area contributed by atoms with Crippen LogP contribution in [0.25, 0.3) is 126 Å². The van der Waals surface area contributed by atoms with Crippen molar-refractivity contribution in [2.45, 2.75) is 0 Å². The number of hydrogen-bond acceptors (Lipinski definition) is 2. The first-order valence-corrected chi connectivity index (χ1v) is 21.6. The minimum absolute atomic E-state index is 0.701. The lowest BCUT2D eigenvalue weighted by molar-refractivity contribution is 1.19. The van der Waals surface area contributed by atoms with Gasteiger partial charge < -0.3 is 4.57 Å². The third kappa shape index (κ3) is 5.82. The second-order valence-corrected chi connectivity index (χ2v) is 16.6. The molecular formula is C60H37N3. The summed E-state index contributed by atoms with van der Waals surface area (Å²) in [6, 6.07) is 81.2. The predicted octanol–water partition coefficient (Wildman–Crippen LogP) is 16.0. The molecule has 0 unspecified atom stereocenters. The minimum Gasteiger partial charge on any atom is -0.309 e. The number of hydrogen-bond donors (Lipinski definition) is 0. The van der Waals surface area contributed by atoms with Gasteiger partial charge in [-0.05, 0) is 121 Å². The Balaban J connectivity index is 1.04. The lowest BCUT2D eigenvalue weighted by atomic mass is 9.98. The lowest BCUT2D eigenvalue weighted by Crippen LogP contribution is -1.99. The zero-order chi connectivity index (χ0) is 41.4. The molecule has 11 aromatic carbocycles. The van der Waals surface area contributed by atoms with Gasteiger partial charge in [-0.25, -0.2) is 9.97 Å². The number of fused-ring (bicyclic) bond motifs is 8. The summed E-state index contributed by atoms with van der Waals surface area (Å²) in [6.45, 7) is 0. The van der Waals surface area contributed by atoms with Crippen molar-refractivity contribution >= 4 is 75.8 Å². The molecule has 3 nitrogen and oxygen atoms in total. The van der Waals surface area contributed by atoms with Gasteiger partial charge in [-0.1, -0.05) is 164 Å². The third-order valence-corrected chi connectivity index (χ3v) is 12.9. The molecule has 0 atom stereocenters. The summed E-state index contributed by atoms with van der Waals surface area (Å²) >= 11 is 0. The zero-order valence-electron chi connectivity index (χ0n) is 34.2. The standard InChI is InChI=1S/C60H37N3/c1-2-12-38(13-3-1)47-26-28-52-55(36-47)61-60(62-59(52)48-25-23-40-15-5-7-17-42(40)33-48)51-29-31-56(50-21-11-10-20-49(50)51)63-57-30-27-46(45-24-22-39-14-4-6-16-41(39)32-45)35-53(57)54-34-43-18-8-9-19-44(43)37-58(54)63/h1-37H. The van der Waals surface area contributed by atoms with E-state index >= 15 is 0 Å². The van der Waals surface area contributed by atoms with Crippen LogP contribution in [0.1, 0.15) is 0 Å². The van der Waals surface area contributed by atoms with Crippen molar-refractivity contribution in [3.05, 3.63) is 224 Å². The maximum atomic E-state index is 5.47. The van der Waals surface area contributed by atoms with Crippen LogP contribution in [0.15, 0.2) is 224 Å². The van der Waals surface area contributed by atoms with Gasteiger partial charge in [0.2, 0.25) is 0 Å². The van der Waals surface area contributed by atoms with Crippen LogP contribution < -0.4 is 0 Å². The number of aromatic nitrogens is 3. The third-order valence-electron chi connectivity index (χ3n) is 12.9. The highest BCUT2D eigenvalue weighted by Crippen LogP contribution is 2.42. The van der Waals surface area contributed by atoms with Crippen LogP contribution in [-0.2, 0) is 0 Å². The Morgan fingerprint density at radius 1 is 0.286 bits per heavy atom. The number of nitrogens with zero attached hydrogens (tertiary/aromatic N) is 3. The van der Waals surface area contributed by atoms with E-state index in [0.717, 1.165) is 60.8 Å². The van der Waals surface area contributed by atoms with Gasteiger partial charge in [0, 0.05) is 32.7 Å². The van der Waals surface area contributed by atoms with Crippen LogP contribution in [-0.4, -0.2) is 14.5 Å². The van der Waals surface area contributed by atoms with Crippen molar-refractivity contribution in [2.75, 3.05) is 0 Å². The monoisotopic (exact) mass is 799 g/mol. The maximum Gasteiger partial charge on any atom is 0.161 e. The van der Waals surface area contributed by atoms with Crippen molar-refractivity contribution in [3.63, 3.8) is 0 Å². The SMILES string of the molecule is c1ccc(-c2ccc3c(-c4ccc5ccccc5c4)nc(-c4ccc(-n5c6ccc(-c7ccc8ccccc8c7)cc6c6cc7ccccc7cc65)c5ccccc45)nc3c2)cc1. The molecule has 2 aromatic heterocycles. The summed E-state index contributed by atoms with van der Waals surface area (Å²) in [5.74, 6) is 0.701. The van der Waals surface area contributed by atoms with Crippen molar-refractivity contribution < 1.29 is 0 Å². The number of rotatable bonds is 5. The summed E-state index contributed by atoms with van der Waals surface area (Å²) in [7, 11) is 0. The molecule has 63 heavy (non-hydrogen) atoms. The van der Waals surface area contributed by atoms with E-state index < -0.39 is 0 Å².